The SMILES string of the molecule is Cc1cc2c(cc1Oc1ccc(C(=O)NNc3ccc4ccccc4n3)o1)C(C)(C)OC2. The number of para-hydroxylation sites is 1. The first-order valence-corrected chi connectivity index (χ1v) is 10.4. The molecule has 1 amide bonds. The molecule has 7 heteroatoms. The van der Waals surface area contributed by atoms with Crippen molar-refractivity contribution in [2.75, 3.05) is 5.43 Å². The van der Waals surface area contributed by atoms with Gasteiger partial charge in [-0.05, 0) is 73.9 Å². The lowest BCUT2D eigenvalue weighted by molar-refractivity contribution is -0.00795. The third-order valence-electron chi connectivity index (χ3n) is 5.56. The zero-order valence-corrected chi connectivity index (χ0v) is 18.1. The Bertz CT molecular complexity index is 1330. The number of nitrogens with one attached hydrogen (secondary N) is 2. The van der Waals surface area contributed by atoms with Crippen molar-refractivity contribution in [3.8, 4) is 11.7 Å². The van der Waals surface area contributed by atoms with Crippen molar-refractivity contribution in [3.63, 3.8) is 0 Å². The number of rotatable bonds is 5. The van der Waals surface area contributed by atoms with Crippen LogP contribution in [0.5, 0.6) is 11.7 Å². The summed E-state index contributed by atoms with van der Waals surface area (Å²) in [5, 5.41) is 1.02. The molecule has 3 heterocycles. The van der Waals surface area contributed by atoms with Crippen LogP contribution in [0.1, 0.15) is 41.1 Å². The second-order valence-electron chi connectivity index (χ2n) is 8.26. The van der Waals surface area contributed by atoms with Gasteiger partial charge in [-0.1, -0.05) is 18.2 Å². The van der Waals surface area contributed by atoms with Gasteiger partial charge in [0.2, 0.25) is 0 Å². The molecule has 1 aliphatic rings. The van der Waals surface area contributed by atoms with Gasteiger partial charge in [-0.25, -0.2) is 4.98 Å². The lowest BCUT2D eigenvalue weighted by Crippen LogP contribution is -2.29. The Labute approximate surface area is 185 Å². The summed E-state index contributed by atoms with van der Waals surface area (Å²) >= 11 is 0. The van der Waals surface area contributed by atoms with Crippen molar-refractivity contribution in [1.29, 1.82) is 0 Å². The summed E-state index contributed by atoms with van der Waals surface area (Å²) in [5.41, 5.74) is 9.10. The number of hydrazine groups is 1. The zero-order chi connectivity index (χ0) is 22.3. The molecule has 0 fully saturated rings. The molecule has 2 aromatic carbocycles. The van der Waals surface area contributed by atoms with Crippen LogP contribution in [-0.2, 0) is 16.9 Å². The molecule has 0 unspecified atom stereocenters. The number of amides is 1. The maximum Gasteiger partial charge on any atom is 0.305 e. The number of hydrogen-bond acceptors (Lipinski definition) is 6. The molecule has 5 rings (SSSR count). The van der Waals surface area contributed by atoms with E-state index in [9.17, 15) is 4.79 Å². The molecule has 0 spiro atoms. The first kappa shape index (κ1) is 20.1. The van der Waals surface area contributed by atoms with Crippen LogP contribution < -0.4 is 15.6 Å². The van der Waals surface area contributed by atoms with Crippen LogP contribution in [0.4, 0.5) is 5.82 Å². The van der Waals surface area contributed by atoms with Gasteiger partial charge in [0.25, 0.3) is 5.95 Å². The van der Waals surface area contributed by atoms with Gasteiger partial charge in [0, 0.05) is 11.5 Å². The van der Waals surface area contributed by atoms with E-state index in [4.69, 9.17) is 13.9 Å². The van der Waals surface area contributed by atoms with Crippen molar-refractivity contribution < 1.29 is 18.7 Å². The summed E-state index contributed by atoms with van der Waals surface area (Å²) in [6.45, 7) is 6.63. The van der Waals surface area contributed by atoms with Crippen LogP contribution in [0.15, 0.2) is 65.1 Å². The third kappa shape index (κ3) is 3.78. The second kappa shape index (κ2) is 7.69. The number of carbonyl (C=O) groups is 1. The molecular weight excluding hydrogens is 406 g/mol. The van der Waals surface area contributed by atoms with Gasteiger partial charge in [0.05, 0.1) is 17.7 Å². The van der Waals surface area contributed by atoms with Gasteiger partial charge >= 0.3 is 5.91 Å². The van der Waals surface area contributed by atoms with E-state index in [1.165, 1.54) is 0 Å². The number of fused-ring (bicyclic) bond motifs is 2. The number of anilines is 1. The second-order valence-corrected chi connectivity index (χ2v) is 8.26. The van der Waals surface area contributed by atoms with Crippen LogP contribution >= 0.6 is 0 Å². The summed E-state index contributed by atoms with van der Waals surface area (Å²) in [6, 6.07) is 18.7. The van der Waals surface area contributed by atoms with Gasteiger partial charge < -0.3 is 13.9 Å². The summed E-state index contributed by atoms with van der Waals surface area (Å²) in [6.07, 6.45) is 0. The molecule has 7 nitrogen and oxygen atoms in total. The maximum absolute atomic E-state index is 12.5. The summed E-state index contributed by atoms with van der Waals surface area (Å²) in [7, 11) is 0. The highest BCUT2D eigenvalue weighted by atomic mass is 16.6. The monoisotopic (exact) mass is 429 g/mol. The number of nitrogens with zero attached hydrogens (tertiary/aromatic N) is 1. The first-order valence-electron chi connectivity index (χ1n) is 10.4. The number of carbonyl (C=O) groups excluding carboxylic acids is 1. The fourth-order valence-corrected chi connectivity index (χ4v) is 3.80. The smallest absolute Gasteiger partial charge is 0.305 e. The topological polar surface area (TPSA) is 85.6 Å². The Morgan fingerprint density at radius 3 is 2.81 bits per heavy atom. The van der Waals surface area contributed by atoms with E-state index in [1.54, 1.807) is 18.2 Å². The van der Waals surface area contributed by atoms with Crippen LogP contribution in [0, 0.1) is 6.92 Å². The predicted molar refractivity (Wildman–Crippen MR) is 121 cm³/mol. The summed E-state index contributed by atoms with van der Waals surface area (Å²) in [4.78, 5) is 16.9. The summed E-state index contributed by atoms with van der Waals surface area (Å²) in [5.74, 6) is 1.12. The van der Waals surface area contributed by atoms with E-state index >= 15 is 0 Å². The first-order chi connectivity index (χ1) is 15.4. The molecular formula is C25H23N3O4. The van der Waals surface area contributed by atoms with Crippen molar-refractivity contribution >= 4 is 22.6 Å². The van der Waals surface area contributed by atoms with E-state index in [1.807, 2.05) is 57.2 Å². The minimum absolute atomic E-state index is 0.121. The number of benzene rings is 2. The van der Waals surface area contributed by atoms with E-state index in [2.05, 4.69) is 21.9 Å². The third-order valence-corrected chi connectivity index (χ3v) is 5.56. The predicted octanol–water partition coefficient (Wildman–Crippen LogP) is 5.45. The molecule has 4 aromatic rings. The quantitative estimate of drug-likeness (QED) is 0.410. The van der Waals surface area contributed by atoms with Crippen LogP contribution in [0.2, 0.25) is 0 Å². The molecule has 0 bridgehead atoms. The minimum atomic E-state index is -0.435. The highest BCUT2D eigenvalue weighted by molar-refractivity contribution is 5.92. The van der Waals surface area contributed by atoms with Crippen molar-refractivity contribution in [3.05, 3.63) is 83.1 Å². The number of aryl methyl sites for hydroxylation is 1. The lowest BCUT2D eigenvalue weighted by atomic mass is 9.94. The number of ether oxygens (including phenoxy) is 2. The Hall–Kier alpha value is -3.84. The van der Waals surface area contributed by atoms with Crippen molar-refractivity contribution in [1.82, 2.24) is 10.4 Å². The van der Waals surface area contributed by atoms with E-state index < -0.39 is 5.91 Å². The van der Waals surface area contributed by atoms with Gasteiger partial charge in [-0.2, -0.15) is 0 Å². The normalized spacial score (nSPS) is 14.2. The zero-order valence-electron chi connectivity index (χ0n) is 18.1. The maximum atomic E-state index is 12.5. The highest BCUT2D eigenvalue weighted by Gasteiger charge is 2.32. The number of hydrogen-bond donors (Lipinski definition) is 2. The molecule has 0 aliphatic carbocycles. The number of aromatic nitrogens is 1. The van der Waals surface area contributed by atoms with E-state index in [0.29, 0.717) is 18.2 Å². The average molecular weight is 429 g/mol. The highest BCUT2D eigenvalue weighted by Crippen LogP contribution is 2.40. The van der Waals surface area contributed by atoms with Gasteiger partial charge in [-0.3, -0.25) is 15.6 Å². The summed E-state index contributed by atoms with van der Waals surface area (Å²) < 4.78 is 17.4. The molecule has 1 aliphatic heterocycles. The van der Waals surface area contributed by atoms with E-state index in [-0.39, 0.29) is 17.3 Å². The Morgan fingerprint density at radius 1 is 1.09 bits per heavy atom. The number of furan rings is 1. The standard InChI is InChI=1S/C25H23N3O4/c1-15-12-17-14-30-25(2,3)18(17)13-21(15)32-23-11-9-20(31-23)24(29)28-27-22-10-8-16-6-4-5-7-19(16)26-22/h4-13H,14H2,1-3H3,(H,26,27)(H,28,29). The Kier molecular flexibility index (Phi) is 4.83. The lowest BCUT2D eigenvalue weighted by Gasteiger charge is -2.19. The molecule has 0 saturated carbocycles. The molecule has 0 saturated heterocycles. The van der Waals surface area contributed by atoms with Crippen molar-refractivity contribution in [2.45, 2.75) is 33.0 Å². The Balaban J connectivity index is 1.27. The van der Waals surface area contributed by atoms with Crippen LogP contribution in [-0.4, -0.2) is 10.9 Å². The van der Waals surface area contributed by atoms with E-state index in [0.717, 1.165) is 27.6 Å². The molecule has 2 aromatic heterocycles. The fraction of sp³-hybridized carbons (Fsp3) is 0.200. The van der Waals surface area contributed by atoms with Gasteiger partial charge in [0.1, 0.15) is 11.6 Å². The van der Waals surface area contributed by atoms with Gasteiger partial charge in [0.15, 0.2) is 5.76 Å². The van der Waals surface area contributed by atoms with Gasteiger partial charge in [-0.15, -0.1) is 0 Å². The molecule has 162 valence electrons. The Morgan fingerprint density at radius 2 is 1.94 bits per heavy atom. The largest absolute Gasteiger partial charge is 0.426 e. The molecule has 0 atom stereocenters. The van der Waals surface area contributed by atoms with Crippen molar-refractivity contribution in [2.24, 2.45) is 0 Å². The van der Waals surface area contributed by atoms with Crippen LogP contribution in [0.3, 0.4) is 0 Å². The fourth-order valence-electron chi connectivity index (χ4n) is 3.80. The molecule has 32 heavy (non-hydrogen) atoms. The molecule has 0 radical (unpaired) electrons. The van der Waals surface area contributed by atoms with Crippen LogP contribution in [0.25, 0.3) is 10.9 Å². The number of pyridine rings is 1. The average Bonchev–Trinajstić information content (AvgIpc) is 3.36. The molecule has 2 N–H and O–H groups in total. The minimum Gasteiger partial charge on any atom is -0.426 e.